The van der Waals surface area contributed by atoms with Crippen LogP contribution in [0.4, 0.5) is 0 Å². The summed E-state index contributed by atoms with van der Waals surface area (Å²) in [5.41, 5.74) is 0. The minimum absolute atomic E-state index is 0.0143. The van der Waals surface area contributed by atoms with E-state index in [1.165, 1.54) is 7.11 Å². The molecular formula is C13H24N2O3. The number of amides is 1. The van der Waals surface area contributed by atoms with Gasteiger partial charge in [0.05, 0.1) is 13.0 Å². The average Bonchev–Trinajstić information content (AvgIpc) is 2.69. The number of hydrogen-bond acceptors (Lipinski definition) is 4. The summed E-state index contributed by atoms with van der Waals surface area (Å²) in [5.74, 6) is 0.364. The van der Waals surface area contributed by atoms with Crippen LogP contribution in [-0.2, 0) is 14.3 Å². The summed E-state index contributed by atoms with van der Waals surface area (Å²) < 4.78 is 4.80. The zero-order valence-electron chi connectivity index (χ0n) is 11.8. The lowest BCUT2D eigenvalue weighted by molar-refractivity contribution is -0.146. The van der Waals surface area contributed by atoms with Crippen LogP contribution in [0.25, 0.3) is 0 Å². The SMILES string of the molecule is COC(=O)C1CN(CCCC(=O)N(C)C)CC1C. The molecule has 1 amide bonds. The lowest BCUT2D eigenvalue weighted by Crippen LogP contribution is -2.27. The molecule has 2 atom stereocenters. The van der Waals surface area contributed by atoms with Gasteiger partial charge in [-0.3, -0.25) is 9.59 Å². The van der Waals surface area contributed by atoms with Crippen molar-refractivity contribution in [3.8, 4) is 0 Å². The minimum Gasteiger partial charge on any atom is -0.469 e. The predicted octanol–water partition coefficient (Wildman–Crippen LogP) is 0.596. The van der Waals surface area contributed by atoms with Crippen LogP contribution in [0.1, 0.15) is 19.8 Å². The van der Waals surface area contributed by atoms with Crippen molar-refractivity contribution in [3.05, 3.63) is 0 Å². The van der Waals surface area contributed by atoms with E-state index >= 15 is 0 Å². The van der Waals surface area contributed by atoms with Gasteiger partial charge in [0, 0.05) is 33.6 Å². The van der Waals surface area contributed by atoms with Gasteiger partial charge in [-0.2, -0.15) is 0 Å². The van der Waals surface area contributed by atoms with Gasteiger partial charge in [-0.1, -0.05) is 6.92 Å². The predicted molar refractivity (Wildman–Crippen MR) is 69.0 cm³/mol. The van der Waals surface area contributed by atoms with E-state index in [4.69, 9.17) is 4.74 Å². The maximum absolute atomic E-state index is 11.5. The van der Waals surface area contributed by atoms with Gasteiger partial charge in [-0.05, 0) is 18.9 Å². The molecule has 0 N–H and O–H groups in total. The number of hydrogen-bond donors (Lipinski definition) is 0. The topological polar surface area (TPSA) is 49.9 Å². The van der Waals surface area contributed by atoms with Crippen molar-refractivity contribution in [2.75, 3.05) is 40.8 Å². The molecule has 0 saturated carbocycles. The number of methoxy groups -OCH3 is 1. The van der Waals surface area contributed by atoms with Crippen molar-refractivity contribution in [1.29, 1.82) is 0 Å². The van der Waals surface area contributed by atoms with E-state index in [9.17, 15) is 9.59 Å². The van der Waals surface area contributed by atoms with Gasteiger partial charge in [-0.15, -0.1) is 0 Å². The molecule has 0 radical (unpaired) electrons. The zero-order valence-corrected chi connectivity index (χ0v) is 11.8. The van der Waals surface area contributed by atoms with E-state index in [2.05, 4.69) is 11.8 Å². The van der Waals surface area contributed by atoms with Crippen molar-refractivity contribution in [2.45, 2.75) is 19.8 Å². The summed E-state index contributed by atoms with van der Waals surface area (Å²) in [6.07, 6.45) is 1.42. The van der Waals surface area contributed by atoms with E-state index in [1.807, 2.05) is 0 Å². The highest BCUT2D eigenvalue weighted by molar-refractivity contribution is 5.75. The summed E-state index contributed by atoms with van der Waals surface area (Å²) in [5, 5.41) is 0. The Kier molecular flexibility index (Phi) is 5.59. The van der Waals surface area contributed by atoms with E-state index in [0.717, 1.165) is 26.1 Å². The molecule has 1 fully saturated rings. The fourth-order valence-corrected chi connectivity index (χ4v) is 2.39. The van der Waals surface area contributed by atoms with Crippen molar-refractivity contribution in [3.63, 3.8) is 0 Å². The molecule has 0 aromatic rings. The van der Waals surface area contributed by atoms with Crippen molar-refractivity contribution >= 4 is 11.9 Å². The summed E-state index contributed by atoms with van der Waals surface area (Å²) in [6.45, 7) is 4.61. The van der Waals surface area contributed by atoms with Gasteiger partial charge in [0.25, 0.3) is 0 Å². The highest BCUT2D eigenvalue weighted by atomic mass is 16.5. The fraction of sp³-hybridized carbons (Fsp3) is 0.846. The Labute approximate surface area is 109 Å². The zero-order chi connectivity index (χ0) is 13.7. The Balaban J connectivity index is 2.30. The van der Waals surface area contributed by atoms with Crippen LogP contribution in [0.3, 0.4) is 0 Å². The standard InChI is InChI=1S/C13H24N2O3/c1-10-8-15(9-11(10)13(17)18-4)7-5-6-12(16)14(2)3/h10-11H,5-9H2,1-4H3. The van der Waals surface area contributed by atoms with Gasteiger partial charge >= 0.3 is 5.97 Å². The van der Waals surface area contributed by atoms with Crippen LogP contribution in [0, 0.1) is 11.8 Å². The molecule has 1 rings (SSSR count). The van der Waals surface area contributed by atoms with Gasteiger partial charge in [0.2, 0.25) is 5.91 Å². The molecule has 104 valence electrons. The molecule has 2 unspecified atom stereocenters. The quantitative estimate of drug-likeness (QED) is 0.676. The van der Waals surface area contributed by atoms with Gasteiger partial charge < -0.3 is 14.5 Å². The highest BCUT2D eigenvalue weighted by Crippen LogP contribution is 2.24. The number of ether oxygens (including phenoxy) is 1. The third-order valence-corrected chi connectivity index (χ3v) is 3.56. The maximum atomic E-state index is 11.5. The van der Waals surface area contributed by atoms with Crippen LogP contribution in [-0.4, -0.2) is 62.5 Å². The molecule has 18 heavy (non-hydrogen) atoms. The first kappa shape index (κ1) is 15.0. The van der Waals surface area contributed by atoms with Crippen LogP contribution in [0.2, 0.25) is 0 Å². The molecule has 0 aromatic heterocycles. The molecule has 5 heteroatoms. The normalized spacial score (nSPS) is 24.0. The Morgan fingerprint density at radius 3 is 2.56 bits per heavy atom. The van der Waals surface area contributed by atoms with Gasteiger partial charge in [0.1, 0.15) is 0 Å². The average molecular weight is 256 g/mol. The molecule has 5 nitrogen and oxygen atoms in total. The van der Waals surface area contributed by atoms with E-state index < -0.39 is 0 Å². The Bertz CT molecular complexity index is 305. The number of rotatable bonds is 5. The van der Waals surface area contributed by atoms with E-state index in [-0.39, 0.29) is 17.8 Å². The first-order valence-electron chi connectivity index (χ1n) is 6.46. The third kappa shape index (κ3) is 3.98. The van der Waals surface area contributed by atoms with Crippen molar-refractivity contribution < 1.29 is 14.3 Å². The van der Waals surface area contributed by atoms with E-state index in [1.54, 1.807) is 19.0 Å². The number of likely N-dealkylation sites (tertiary alicyclic amines) is 1. The highest BCUT2D eigenvalue weighted by Gasteiger charge is 2.35. The largest absolute Gasteiger partial charge is 0.469 e. The molecule has 0 aliphatic carbocycles. The van der Waals surface area contributed by atoms with Crippen molar-refractivity contribution in [2.24, 2.45) is 11.8 Å². The summed E-state index contributed by atoms with van der Waals surface area (Å²) >= 11 is 0. The number of esters is 1. The first-order chi connectivity index (χ1) is 8.45. The second-order valence-corrected chi connectivity index (χ2v) is 5.26. The summed E-state index contributed by atoms with van der Waals surface area (Å²) in [4.78, 5) is 26.8. The van der Waals surface area contributed by atoms with Gasteiger partial charge in [0.15, 0.2) is 0 Å². The number of nitrogens with zero attached hydrogens (tertiary/aromatic N) is 2. The summed E-state index contributed by atoms with van der Waals surface area (Å²) in [7, 11) is 4.98. The molecular weight excluding hydrogens is 232 g/mol. The lowest BCUT2D eigenvalue weighted by atomic mass is 9.99. The Hall–Kier alpha value is -1.10. The summed E-state index contributed by atoms with van der Waals surface area (Å²) in [6, 6.07) is 0. The molecule has 0 aromatic carbocycles. The maximum Gasteiger partial charge on any atom is 0.310 e. The number of carbonyl (C=O) groups is 2. The van der Waals surface area contributed by atoms with E-state index in [0.29, 0.717) is 12.3 Å². The monoisotopic (exact) mass is 256 g/mol. The molecule has 1 aliphatic heterocycles. The Morgan fingerprint density at radius 2 is 2.00 bits per heavy atom. The van der Waals surface area contributed by atoms with Gasteiger partial charge in [-0.25, -0.2) is 0 Å². The second kappa shape index (κ2) is 6.73. The molecule has 0 spiro atoms. The molecule has 0 bridgehead atoms. The Morgan fingerprint density at radius 1 is 1.33 bits per heavy atom. The molecule has 1 aliphatic rings. The molecule has 1 saturated heterocycles. The minimum atomic E-state index is -0.116. The first-order valence-corrected chi connectivity index (χ1v) is 6.46. The van der Waals surface area contributed by atoms with Crippen molar-refractivity contribution in [1.82, 2.24) is 9.80 Å². The van der Waals surface area contributed by atoms with Crippen LogP contribution >= 0.6 is 0 Å². The lowest BCUT2D eigenvalue weighted by Gasteiger charge is -2.16. The van der Waals surface area contributed by atoms with Crippen LogP contribution < -0.4 is 0 Å². The fourth-order valence-electron chi connectivity index (χ4n) is 2.39. The van der Waals surface area contributed by atoms with Crippen LogP contribution in [0.15, 0.2) is 0 Å². The second-order valence-electron chi connectivity index (χ2n) is 5.26. The van der Waals surface area contributed by atoms with Crippen LogP contribution in [0.5, 0.6) is 0 Å². The number of carbonyl (C=O) groups excluding carboxylic acids is 2. The smallest absolute Gasteiger partial charge is 0.310 e. The third-order valence-electron chi connectivity index (χ3n) is 3.56. The molecule has 1 heterocycles.